The third-order valence-electron chi connectivity index (χ3n) is 7.38. The van der Waals surface area contributed by atoms with Gasteiger partial charge in [0.15, 0.2) is 5.13 Å². The van der Waals surface area contributed by atoms with E-state index in [0.717, 1.165) is 24.0 Å². The molecule has 4 heterocycles. The molecule has 0 spiro atoms. The van der Waals surface area contributed by atoms with Crippen molar-refractivity contribution in [3.05, 3.63) is 47.2 Å². The van der Waals surface area contributed by atoms with Crippen LogP contribution in [0.5, 0.6) is 0 Å². The third kappa shape index (κ3) is 5.69. The standard InChI is InChI=1S/C28H29FN4O5S/c1-32-24(34)11-17-10-19(14-30-26(17)32)21-4-3-20(29)13-22(21)23-15-39-28(31-23)33(2)27(37)18(12-25(35)36)9-16-5-7-38-8-6-16/h3-4,10,13-16,18H,5-9,11-12H2,1-2H3,(H,35,36)/t18-/m1/s1. The Labute approximate surface area is 229 Å². The number of anilines is 2. The highest BCUT2D eigenvalue weighted by atomic mass is 32.1. The average molecular weight is 553 g/mol. The van der Waals surface area contributed by atoms with Gasteiger partial charge in [-0.2, -0.15) is 0 Å². The van der Waals surface area contributed by atoms with Crippen LogP contribution in [0.1, 0.15) is 31.2 Å². The number of carboxylic acids is 1. The van der Waals surface area contributed by atoms with E-state index in [1.807, 2.05) is 6.07 Å². The lowest BCUT2D eigenvalue weighted by molar-refractivity contribution is -0.141. The summed E-state index contributed by atoms with van der Waals surface area (Å²) in [7, 11) is 3.28. The van der Waals surface area contributed by atoms with Crippen LogP contribution in [0.15, 0.2) is 35.8 Å². The van der Waals surface area contributed by atoms with Gasteiger partial charge in [0.25, 0.3) is 0 Å². The second kappa shape index (κ2) is 11.2. The maximum absolute atomic E-state index is 14.4. The number of pyridine rings is 1. The third-order valence-corrected chi connectivity index (χ3v) is 8.30. The smallest absolute Gasteiger partial charge is 0.304 e. The highest BCUT2D eigenvalue weighted by Gasteiger charge is 2.31. The molecular formula is C28H29FN4O5S. The first-order valence-electron chi connectivity index (χ1n) is 12.8. The van der Waals surface area contributed by atoms with Crippen LogP contribution in [0.3, 0.4) is 0 Å². The molecule has 0 unspecified atom stereocenters. The van der Waals surface area contributed by atoms with Crippen molar-refractivity contribution < 1.29 is 28.6 Å². The molecule has 1 atom stereocenters. The number of aliphatic carboxylic acids is 1. The van der Waals surface area contributed by atoms with Crippen molar-refractivity contribution in [3.63, 3.8) is 0 Å². The predicted molar refractivity (Wildman–Crippen MR) is 145 cm³/mol. The number of benzene rings is 1. The number of aromatic nitrogens is 2. The van der Waals surface area contributed by atoms with Gasteiger partial charge in [-0.1, -0.05) is 6.07 Å². The van der Waals surface area contributed by atoms with E-state index in [-0.39, 0.29) is 30.6 Å². The van der Waals surface area contributed by atoms with E-state index in [4.69, 9.17) is 4.74 Å². The number of ether oxygens (including phenoxy) is 1. The van der Waals surface area contributed by atoms with Crippen LogP contribution >= 0.6 is 11.3 Å². The Morgan fingerprint density at radius 3 is 2.77 bits per heavy atom. The molecule has 2 amide bonds. The van der Waals surface area contributed by atoms with Crippen LogP contribution in [0.2, 0.25) is 0 Å². The minimum atomic E-state index is -1.02. The number of carbonyl (C=O) groups excluding carboxylic acids is 2. The number of nitrogens with zero attached hydrogens (tertiary/aromatic N) is 4. The molecule has 1 saturated heterocycles. The van der Waals surface area contributed by atoms with E-state index in [2.05, 4.69) is 9.97 Å². The van der Waals surface area contributed by atoms with Crippen molar-refractivity contribution in [2.24, 2.45) is 11.8 Å². The Balaban J connectivity index is 1.41. The first-order chi connectivity index (χ1) is 18.7. The average Bonchev–Trinajstić information content (AvgIpc) is 3.52. The van der Waals surface area contributed by atoms with Crippen molar-refractivity contribution >= 4 is 40.1 Å². The zero-order chi connectivity index (χ0) is 27.7. The van der Waals surface area contributed by atoms with Crippen LogP contribution in [-0.2, 0) is 25.5 Å². The molecule has 3 aromatic rings. The number of carbonyl (C=O) groups is 3. The molecule has 2 aliphatic rings. The number of hydrogen-bond acceptors (Lipinski definition) is 7. The fourth-order valence-corrected chi connectivity index (χ4v) is 6.03. The van der Waals surface area contributed by atoms with E-state index in [0.29, 0.717) is 47.4 Å². The monoisotopic (exact) mass is 552 g/mol. The normalized spacial score (nSPS) is 16.3. The molecule has 2 aromatic heterocycles. The summed E-state index contributed by atoms with van der Waals surface area (Å²) in [5, 5.41) is 11.6. The second-order valence-corrected chi connectivity index (χ2v) is 10.9. The van der Waals surface area contributed by atoms with Gasteiger partial charge in [0, 0.05) is 61.5 Å². The van der Waals surface area contributed by atoms with Gasteiger partial charge in [0.05, 0.1) is 18.5 Å². The minimum Gasteiger partial charge on any atom is -0.481 e. The highest BCUT2D eigenvalue weighted by molar-refractivity contribution is 7.14. The predicted octanol–water partition coefficient (Wildman–Crippen LogP) is 4.40. The number of hydrogen-bond donors (Lipinski definition) is 1. The van der Waals surface area contributed by atoms with Crippen molar-refractivity contribution in [1.29, 1.82) is 0 Å². The number of rotatable bonds is 8. The molecule has 0 saturated carbocycles. The molecule has 1 aromatic carbocycles. The van der Waals surface area contributed by atoms with Crippen LogP contribution in [0.25, 0.3) is 22.4 Å². The van der Waals surface area contributed by atoms with Crippen molar-refractivity contribution in [1.82, 2.24) is 9.97 Å². The van der Waals surface area contributed by atoms with Gasteiger partial charge in [0.2, 0.25) is 11.8 Å². The van der Waals surface area contributed by atoms with Gasteiger partial charge in [-0.15, -0.1) is 11.3 Å². The maximum atomic E-state index is 14.4. The summed E-state index contributed by atoms with van der Waals surface area (Å²) >= 11 is 1.23. The lowest BCUT2D eigenvalue weighted by Gasteiger charge is -2.27. The number of fused-ring (bicyclic) bond motifs is 1. The molecule has 0 radical (unpaired) electrons. The summed E-state index contributed by atoms with van der Waals surface area (Å²) in [4.78, 5) is 49.1. The largest absolute Gasteiger partial charge is 0.481 e. The summed E-state index contributed by atoms with van der Waals surface area (Å²) in [5.74, 6) is -1.63. The zero-order valence-electron chi connectivity index (χ0n) is 21.7. The Morgan fingerprint density at radius 1 is 1.26 bits per heavy atom. The Kier molecular flexibility index (Phi) is 7.72. The summed E-state index contributed by atoms with van der Waals surface area (Å²) in [6.45, 7) is 1.24. The van der Waals surface area contributed by atoms with Crippen LogP contribution < -0.4 is 9.80 Å². The maximum Gasteiger partial charge on any atom is 0.304 e. The van der Waals surface area contributed by atoms with E-state index in [1.165, 1.54) is 33.3 Å². The minimum absolute atomic E-state index is 0.0381. The van der Waals surface area contributed by atoms with Gasteiger partial charge < -0.3 is 9.84 Å². The summed E-state index contributed by atoms with van der Waals surface area (Å²) in [6.07, 6.45) is 3.74. The molecule has 1 fully saturated rings. The quantitative estimate of drug-likeness (QED) is 0.441. The van der Waals surface area contributed by atoms with Crippen molar-refractivity contribution in [3.8, 4) is 22.4 Å². The van der Waals surface area contributed by atoms with E-state index in [9.17, 15) is 23.9 Å². The van der Waals surface area contributed by atoms with Crippen molar-refractivity contribution in [2.75, 3.05) is 37.1 Å². The number of halogens is 1. The molecule has 2 aliphatic heterocycles. The number of likely N-dealkylation sites (N-methyl/N-ethyl adjacent to an activating group) is 1. The molecular weight excluding hydrogens is 523 g/mol. The SMILES string of the molecule is CN(C(=O)[C@@H](CC(=O)O)CC1CCOCC1)c1nc(-c2cc(F)ccc2-c2cnc3c(c2)CC(=O)N3C)cs1. The van der Waals surface area contributed by atoms with Gasteiger partial charge in [-0.3, -0.25) is 24.2 Å². The van der Waals surface area contributed by atoms with Gasteiger partial charge in [-0.05, 0) is 48.9 Å². The molecule has 0 aliphatic carbocycles. The highest BCUT2D eigenvalue weighted by Crippen LogP contribution is 2.38. The summed E-state index contributed by atoms with van der Waals surface area (Å²) in [6, 6.07) is 6.29. The Bertz CT molecular complexity index is 1420. The Morgan fingerprint density at radius 2 is 2.03 bits per heavy atom. The van der Waals surface area contributed by atoms with E-state index >= 15 is 0 Å². The van der Waals surface area contributed by atoms with E-state index < -0.39 is 17.7 Å². The summed E-state index contributed by atoms with van der Waals surface area (Å²) in [5.41, 5.74) is 3.24. The molecule has 9 nitrogen and oxygen atoms in total. The van der Waals surface area contributed by atoms with Crippen LogP contribution in [-0.4, -0.2) is 60.2 Å². The lowest BCUT2D eigenvalue weighted by atomic mass is 9.86. The van der Waals surface area contributed by atoms with Crippen molar-refractivity contribution in [2.45, 2.75) is 32.1 Å². The summed E-state index contributed by atoms with van der Waals surface area (Å²) < 4.78 is 19.8. The molecule has 0 bridgehead atoms. The zero-order valence-corrected chi connectivity index (χ0v) is 22.5. The van der Waals surface area contributed by atoms with Gasteiger partial charge >= 0.3 is 5.97 Å². The second-order valence-electron chi connectivity index (χ2n) is 10.0. The molecule has 204 valence electrons. The molecule has 5 rings (SSSR count). The molecule has 39 heavy (non-hydrogen) atoms. The fraction of sp³-hybridized carbons (Fsp3) is 0.393. The Hall–Kier alpha value is -3.70. The van der Waals surface area contributed by atoms with Crippen LogP contribution in [0, 0.1) is 17.7 Å². The molecule has 1 N–H and O–H groups in total. The van der Waals surface area contributed by atoms with Gasteiger partial charge in [0.1, 0.15) is 11.6 Å². The van der Waals surface area contributed by atoms with Crippen LogP contribution in [0.4, 0.5) is 15.3 Å². The first-order valence-corrected chi connectivity index (χ1v) is 13.7. The van der Waals surface area contributed by atoms with Gasteiger partial charge in [-0.25, -0.2) is 14.4 Å². The topological polar surface area (TPSA) is 113 Å². The first kappa shape index (κ1) is 26.9. The number of carboxylic acid groups (broad SMARTS) is 1. The number of thiazole rings is 1. The molecule has 11 heteroatoms. The van der Waals surface area contributed by atoms with E-state index in [1.54, 1.807) is 31.7 Å². The lowest BCUT2D eigenvalue weighted by Crippen LogP contribution is -2.35. The number of amides is 2. The fourth-order valence-electron chi connectivity index (χ4n) is 5.24.